The van der Waals surface area contributed by atoms with Gasteiger partial charge in [0, 0.05) is 0 Å². The Bertz CT molecular complexity index is 771. The van der Waals surface area contributed by atoms with Gasteiger partial charge in [-0.1, -0.05) is 0 Å². The molecule has 2 aromatic rings. The van der Waals surface area contributed by atoms with E-state index in [1.807, 2.05) is 6.07 Å². The van der Waals surface area contributed by atoms with Crippen LogP contribution in [-0.4, -0.2) is 30.7 Å². The average molecular weight is 320 g/mol. The van der Waals surface area contributed by atoms with Crippen LogP contribution in [0.15, 0.2) is 43.1 Å². The number of nitrogens with one attached hydrogen (secondary N) is 2. The van der Waals surface area contributed by atoms with Crippen molar-refractivity contribution in [3.63, 3.8) is 0 Å². The van der Waals surface area contributed by atoms with Gasteiger partial charge in [0.1, 0.15) is 0 Å². The summed E-state index contributed by atoms with van der Waals surface area (Å²) in [4.78, 5) is 22.8. The Kier molecular flexibility index (Phi) is 2.94. The molecule has 1 aliphatic rings. The molecule has 94 valence electrons. The summed E-state index contributed by atoms with van der Waals surface area (Å²) in [7, 11) is 0. The van der Waals surface area contributed by atoms with Crippen LogP contribution in [0.2, 0.25) is 0 Å². The first-order chi connectivity index (χ1) is 9.24. The Morgan fingerprint density at radius 3 is 2.89 bits per heavy atom. The summed E-state index contributed by atoms with van der Waals surface area (Å²) in [6.07, 6.45) is 0. The van der Waals surface area contributed by atoms with Gasteiger partial charge in [-0.15, -0.1) is 0 Å². The Balaban J connectivity index is 1.88. The van der Waals surface area contributed by atoms with E-state index in [2.05, 4.69) is 23.4 Å². The molecule has 2 heterocycles. The van der Waals surface area contributed by atoms with Gasteiger partial charge < -0.3 is 0 Å². The standard InChI is InChI=1S/C11H7N5O2Se/c17-9-5-4-8(13-14-9)11(18)12-6-2-1-3-7-10(6)16-19-15-7/h1-5H,(H,12,18)(H,14,17). The van der Waals surface area contributed by atoms with Crippen molar-refractivity contribution in [2.45, 2.75) is 0 Å². The Hall–Kier alpha value is -2.31. The number of H-pyrrole nitrogens is 1. The molecule has 0 saturated heterocycles. The van der Waals surface area contributed by atoms with E-state index < -0.39 is 5.91 Å². The summed E-state index contributed by atoms with van der Waals surface area (Å²) in [5.74, 6) is -0.403. The van der Waals surface area contributed by atoms with Crippen molar-refractivity contribution in [1.29, 1.82) is 0 Å². The molecule has 2 N–H and O–H groups in total. The normalized spacial score (nSPS) is 11.8. The third kappa shape index (κ3) is 2.31. The summed E-state index contributed by atoms with van der Waals surface area (Å²) in [6.45, 7) is 0. The van der Waals surface area contributed by atoms with E-state index in [-0.39, 0.29) is 25.8 Å². The molecule has 0 bridgehead atoms. The summed E-state index contributed by atoms with van der Waals surface area (Å²) in [5.41, 5.74) is 1.86. The maximum absolute atomic E-state index is 12.0. The molecular weight excluding hydrogens is 313 g/mol. The Morgan fingerprint density at radius 1 is 1.21 bits per heavy atom. The molecule has 19 heavy (non-hydrogen) atoms. The zero-order valence-electron chi connectivity index (χ0n) is 9.45. The third-order valence-corrected chi connectivity index (χ3v) is 3.58. The predicted molar refractivity (Wildman–Crippen MR) is 69.2 cm³/mol. The maximum atomic E-state index is 12.0. The molecule has 0 aliphatic carbocycles. The van der Waals surface area contributed by atoms with Crippen molar-refractivity contribution >= 4 is 37.5 Å². The minimum atomic E-state index is -0.403. The molecule has 3 rings (SSSR count). The van der Waals surface area contributed by atoms with Crippen molar-refractivity contribution in [1.82, 2.24) is 10.2 Å². The molecule has 1 aromatic carbocycles. The van der Waals surface area contributed by atoms with Crippen LogP contribution in [0.1, 0.15) is 10.5 Å². The van der Waals surface area contributed by atoms with Crippen LogP contribution in [0, 0.1) is 0 Å². The second-order valence-electron chi connectivity index (χ2n) is 3.70. The van der Waals surface area contributed by atoms with Crippen LogP contribution in [0.3, 0.4) is 0 Å². The summed E-state index contributed by atoms with van der Waals surface area (Å²) >= 11 is -0.153. The number of rotatable bonds is 2. The van der Waals surface area contributed by atoms with Crippen molar-refractivity contribution in [2.75, 3.05) is 5.32 Å². The monoisotopic (exact) mass is 321 g/mol. The first kappa shape index (κ1) is 11.8. The zero-order chi connectivity index (χ0) is 13.2. The fourth-order valence-electron chi connectivity index (χ4n) is 1.56. The second kappa shape index (κ2) is 4.75. The van der Waals surface area contributed by atoms with Gasteiger partial charge in [-0.2, -0.15) is 0 Å². The van der Waals surface area contributed by atoms with Crippen LogP contribution in [-0.2, 0) is 0 Å². The molecule has 1 amide bonds. The van der Waals surface area contributed by atoms with Gasteiger partial charge in [-0.3, -0.25) is 0 Å². The number of hydrogen-bond acceptors (Lipinski definition) is 5. The number of anilines is 1. The average Bonchev–Trinajstić information content (AvgIpc) is 2.89. The van der Waals surface area contributed by atoms with E-state index >= 15 is 0 Å². The van der Waals surface area contributed by atoms with Crippen LogP contribution >= 0.6 is 0 Å². The van der Waals surface area contributed by atoms with Gasteiger partial charge in [0.15, 0.2) is 0 Å². The molecule has 1 aliphatic heterocycles. The first-order valence-electron chi connectivity index (χ1n) is 5.32. The number of fused-ring (bicyclic) bond motifs is 1. The topological polar surface area (TPSA) is 99.6 Å². The van der Waals surface area contributed by atoms with E-state index in [0.717, 1.165) is 5.69 Å². The SMILES string of the molecule is O=C(Nc1cccc2c1N=[Se]=N2)c1ccc(=O)[nH]n1. The van der Waals surface area contributed by atoms with Crippen LogP contribution in [0.25, 0.3) is 0 Å². The molecule has 0 spiro atoms. The molecule has 1 aromatic heterocycles. The van der Waals surface area contributed by atoms with Gasteiger partial charge in [0.2, 0.25) is 0 Å². The quantitative estimate of drug-likeness (QED) is 0.698. The van der Waals surface area contributed by atoms with Gasteiger partial charge in [0.05, 0.1) is 0 Å². The first-order valence-corrected chi connectivity index (χ1v) is 6.85. The predicted octanol–water partition coefficient (Wildman–Crippen LogP) is 1.37. The zero-order valence-corrected chi connectivity index (χ0v) is 11.2. The molecule has 0 atom stereocenters. The minimum absolute atomic E-state index is 0.137. The van der Waals surface area contributed by atoms with E-state index in [9.17, 15) is 9.59 Å². The van der Waals surface area contributed by atoms with Crippen molar-refractivity contribution < 1.29 is 4.79 Å². The van der Waals surface area contributed by atoms with E-state index in [1.165, 1.54) is 12.1 Å². The number of benzene rings is 1. The molecular formula is C11H7N5O2Se. The van der Waals surface area contributed by atoms with Crippen molar-refractivity contribution in [3.8, 4) is 0 Å². The Labute approximate surface area is 112 Å². The number of carbonyl (C=O) groups excluding carboxylic acids is 1. The molecule has 0 unspecified atom stereocenters. The molecule has 0 radical (unpaired) electrons. The van der Waals surface area contributed by atoms with Gasteiger partial charge in [-0.05, 0) is 0 Å². The van der Waals surface area contributed by atoms with Gasteiger partial charge >= 0.3 is 112 Å². The van der Waals surface area contributed by atoms with E-state index in [4.69, 9.17) is 0 Å². The Morgan fingerprint density at radius 2 is 2.11 bits per heavy atom. The number of aromatic amines is 1. The molecule has 7 nitrogen and oxygen atoms in total. The van der Waals surface area contributed by atoms with Crippen molar-refractivity contribution in [3.05, 3.63) is 46.4 Å². The van der Waals surface area contributed by atoms with Crippen molar-refractivity contribution in [2.24, 2.45) is 7.92 Å². The fraction of sp³-hybridized carbons (Fsp3) is 0. The van der Waals surface area contributed by atoms with E-state index in [0.29, 0.717) is 11.4 Å². The third-order valence-electron chi connectivity index (χ3n) is 2.45. The number of amides is 1. The summed E-state index contributed by atoms with van der Waals surface area (Å²) < 4.78 is 8.50. The summed E-state index contributed by atoms with van der Waals surface area (Å²) in [6, 6.07) is 8.02. The van der Waals surface area contributed by atoms with Crippen LogP contribution in [0.4, 0.5) is 17.1 Å². The van der Waals surface area contributed by atoms with Gasteiger partial charge in [-0.25, -0.2) is 0 Å². The number of nitrogens with zero attached hydrogens (tertiary/aromatic N) is 3. The van der Waals surface area contributed by atoms with E-state index in [1.54, 1.807) is 12.1 Å². The fourth-order valence-corrected chi connectivity index (χ4v) is 2.72. The number of carbonyl (C=O) groups is 1. The van der Waals surface area contributed by atoms with Crippen LogP contribution < -0.4 is 10.9 Å². The number of hydrogen-bond donors (Lipinski definition) is 2. The molecule has 8 heteroatoms. The molecule has 0 fully saturated rings. The number of aromatic nitrogens is 2. The summed E-state index contributed by atoms with van der Waals surface area (Å²) in [5, 5.41) is 8.59. The second-order valence-corrected chi connectivity index (χ2v) is 4.81. The molecule has 0 saturated carbocycles. The van der Waals surface area contributed by atoms with Crippen LogP contribution in [0.5, 0.6) is 0 Å². The van der Waals surface area contributed by atoms with Gasteiger partial charge in [0.25, 0.3) is 0 Å².